The van der Waals surface area contributed by atoms with Gasteiger partial charge in [-0.05, 0) is 32.6 Å². The van der Waals surface area contributed by atoms with E-state index in [2.05, 4.69) is 5.32 Å². The molecule has 0 saturated heterocycles. The molecule has 1 saturated carbocycles. The van der Waals surface area contributed by atoms with Gasteiger partial charge < -0.3 is 5.32 Å². The normalized spacial score (nSPS) is 19.2. The Morgan fingerprint density at radius 1 is 1.23 bits per heavy atom. The van der Waals surface area contributed by atoms with Crippen molar-refractivity contribution in [2.75, 3.05) is 6.54 Å². The Labute approximate surface area is 76.7 Å². The number of rotatable bonds is 4. The second-order valence-electron chi connectivity index (χ2n) is 4.29. The van der Waals surface area contributed by atoms with E-state index in [9.17, 15) is 13.2 Å². The van der Waals surface area contributed by atoms with Crippen LogP contribution in [0.4, 0.5) is 13.2 Å². The summed E-state index contributed by atoms with van der Waals surface area (Å²) in [6.07, 6.45) is -2.48. The first kappa shape index (κ1) is 10.8. The van der Waals surface area contributed by atoms with E-state index in [0.717, 1.165) is 12.8 Å². The van der Waals surface area contributed by atoms with Crippen LogP contribution < -0.4 is 5.32 Å². The van der Waals surface area contributed by atoms with E-state index in [-0.39, 0.29) is 12.1 Å². The third-order valence-corrected chi connectivity index (χ3v) is 2.59. The zero-order valence-electron chi connectivity index (χ0n) is 8.04. The standard InChI is InChI=1S/C9H16F3N/c1-8(2,7-3-4-7)13-6-5-9(10,11)12/h7,13H,3-6H2,1-2H3. The summed E-state index contributed by atoms with van der Waals surface area (Å²) in [5.74, 6) is 0.570. The van der Waals surface area contributed by atoms with Crippen LogP contribution in [-0.4, -0.2) is 18.3 Å². The number of alkyl halides is 3. The molecule has 1 rings (SSSR count). The predicted octanol–water partition coefficient (Wildman–Crippen LogP) is 2.72. The lowest BCUT2D eigenvalue weighted by Crippen LogP contribution is -2.42. The van der Waals surface area contributed by atoms with E-state index in [4.69, 9.17) is 0 Å². The Balaban J connectivity index is 2.18. The van der Waals surface area contributed by atoms with Crippen molar-refractivity contribution in [3.8, 4) is 0 Å². The van der Waals surface area contributed by atoms with Crippen molar-refractivity contribution >= 4 is 0 Å². The minimum Gasteiger partial charge on any atom is -0.311 e. The zero-order valence-corrected chi connectivity index (χ0v) is 8.04. The molecular formula is C9H16F3N. The molecule has 0 radical (unpaired) electrons. The average Bonchev–Trinajstić information content (AvgIpc) is 2.62. The smallest absolute Gasteiger partial charge is 0.311 e. The summed E-state index contributed by atoms with van der Waals surface area (Å²) in [6.45, 7) is 3.98. The van der Waals surface area contributed by atoms with Crippen LogP contribution >= 0.6 is 0 Å². The van der Waals surface area contributed by atoms with Crippen molar-refractivity contribution in [2.24, 2.45) is 5.92 Å². The third-order valence-electron chi connectivity index (χ3n) is 2.59. The molecule has 1 fully saturated rings. The Morgan fingerprint density at radius 2 is 1.77 bits per heavy atom. The van der Waals surface area contributed by atoms with Crippen LogP contribution in [0.5, 0.6) is 0 Å². The van der Waals surface area contributed by atoms with Crippen LogP contribution in [0.2, 0.25) is 0 Å². The molecule has 1 N–H and O–H groups in total. The summed E-state index contributed by atoms with van der Waals surface area (Å²) in [6, 6.07) is 0. The molecule has 0 unspecified atom stereocenters. The van der Waals surface area contributed by atoms with Crippen LogP contribution in [0.1, 0.15) is 33.1 Å². The Kier molecular flexibility index (Phi) is 2.90. The fourth-order valence-electron chi connectivity index (χ4n) is 1.48. The molecule has 0 aromatic heterocycles. The summed E-state index contributed by atoms with van der Waals surface area (Å²) < 4.78 is 35.4. The van der Waals surface area contributed by atoms with E-state index < -0.39 is 12.6 Å². The Morgan fingerprint density at radius 3 is 2.15 bits per heavy atom. The molecular weight excluding hydrogens is 179 g/mol. The monoisotopic (exact) mass is 195 g/mol. The molecule has 0 atom stereocenters. The van der Waals surface area contributed by atoms with Crippen LogP contribution in [0.3, 0.4) is 0 Å². The number of nitrogens with one attached hydrogen (secondary N) is 1. The van der Waals surface area contributed by atoms with Crippen LogP contribution in [0, 0.1) is 5.92 Å². The van der Waals surface area contributed by atoms with E-state index in [1.54, 1.807) is 0 Å². The fraction of sp³-hybridized carbons (Fsp3) is 1.00. The Hall–Kier alpha value is -0.250. The van der Waals surface area contributed by atoms with E-state index >= 15 is 0 Å². The van der Waals surface area contributed by atoms with Gasteiger partial charge in [-0.3, -0.25) is 0 Å². The molecule has 0 spiro atoms. The van der Waals surface area contributed by atoms with Crippen molar-refractivity contribution < 1.29 is 13.2 Å². The summed E-state index contributed by atoms with van der Waals surface area (Å²) in [7, 11) is 0. The third kappa shape index (κ3) is 3.98. The zero-order chi connectivity index (χ0) is 10.1. The highest BCUT2D eigenvalue weighted by molar-refractivity contribution is 4.94. The van der Waals surface area contributed by atoms with Gasteiger partial charge in [0.15, 0.2) is 0 Å². The average molecular weight is 195 g/mol. The lowest BCUT2D eigenvalue weighted by molar-refractivity contribution is -0.134. The summed E-state index contributed by atoms with van der Waals surface area (Å²) in [5.41, 5.74) is -0.120. The van der Waals surface area contributed by atoms with Gasteiger partial charge in [0, 0.05) is 12.1 Å². The number of hydrogen-bond donors (Lipinski definition) is 1. The molecule has 4 heteroatoms. The minimum atomic E-state index is -4.04. The predicted molar refractivity (Wildman–Crippen MR) is 45.5 cm³/mol. The second-order valence-corrected chi connectivity index (χ2v) is 4.29. The molecule has 0 aromatic rings. The summed E-state index contributed by atoms with van der Waals surface area (Å²) in [4.78, 5) is 0. The first-order chi connectivity index (χ1) is 5.81. The molecule has 0 heterocycles. The highest BCUT2D eigenvalue weighted by Crippen LogP contribution is 2.39. The van der Waals surface area contributed by atoms with Gasteiger partial charge in [-0.25, -0.2) is 0 Å². The maximum Gasteiger partial charge on any atom is 0.390 e. The van der Waals surface area contributed by atoms with Crippen LogP contribution in [0.15, 0.2) is 0 Å². The molecule has 0 aliphatic heterocycles. The molecule has 1 aliphatic rings. The maximum absolute atomic E-state index is 11.8. The molecule has 1 nitrogen and oxygen atoms in total. The second kappa shape index (κ2) is 3.48. The van der Waals surface area contributed by atoms with Gasteiger partial charge in [0.05, 0.1) is 6.42 Å². The Bertz CT molecular complexity index is 170. The van der Waals surface area contributed by atoms with Gasteiger partial charge in [0.1, 0.15) is 0 Å². The SMILES string of the molecule is CC(C)(NCCC(F)(F)F)C1CC1. The van der Waals surface area contributed by atoms with Crippen LogP contribution in [0.25, 0.3) is 0 Å². The first-order valence-corrected chi connectivity index (χ1v) is 4.63. The summed E-state index contributed by atoms with van der Waals surface area (Å²) >= 11 is 0. The molecule has 0 amide bonds. The first-order valence-electron chi connectivity index (χ1n) is 4.63. The van der Waals surface area contributed by atoms with Gasteiger partial charge in [-0.2, -0.15) is 13.2 Å². The topological polar surface area (TPSA) is 12.0 Å². The van der Waals surface area contributed by atoms with E-state index in [1.165, 1.54) is 0 Å². The lowest BCUT2D eigenvalue weighted by Gasteiger charge is -2.26. The quantitative estimate of drug-likeness (QED) is 0.727. The van der Waals surface area contributed by atoms with Crippen molar-refractivity contribution in [3.05, 3.63) is 0 Å². The van der Waals surface area contributed by atoms with Gasteiger partial charge in [-0.15, -0.1) is 0 Å². The molecule has 78 valence electrons. The maximum atomic E-state index is 11.8. The van der Waals surface area contributed by atoms with Gasteiger partial charge in [0.25, 0.3) is 0 Å². The lowest BCUT2D eigenvalue weighted by atomic mass is 9.99. The largest absolute Gasteiger partial charge is 0.390 e. The highest BCUT2D eigenvalue weighted by Gasteiger charge is 2.38. The highest BCUT2D eigenvalue weighted by atomic mass is 19.4. The molecule has 0 bridgehead atoms. The molecule has 13 heavy (non-hydrogen) atoms. The van der Waals surface area contributed by atoms with Gasteiger partial charge >= 0.3 is 6.18 Å². The van der Waals surface area contributed by atoms with Crippen molar-refractivity contribution in [3.63, 3.8) is 0 Å². The van der Waals surface area contributed by atoms with Gasteiger partial charge in [0.2, 0.25) is 0 Å². The van der Waals surface area contributed by atoms with E-state index in [0.29, 0.717) is 5.92 Å². The van der Waals surface area contributed by atoms with Crippen LogP contribution in [-0.2, 0) is 0 Å². The van der Waals surface area contributed by atoms with Gasteiger partial charge in [-0.1, -0.05) is 0 Å². The number of hydrogen-bond acceptors (Lipinski definition) is 1. The molecule has 0 aromatic carbocycles. The van der Waals surface area contributed by atoms with Crippen molar-refractivity contribution in [2.45, 2.75) is 44.8 Å². The molecule has 1 aliphatic carbocycles. The minimum absolute atomic E-state index is 0.0347. The van der Waals surface area contributed by atoms with E-state index in [1.807, 2.05) is 13.8 Å². The number of halogens is 3. The fourth-order valence-corrected chi connectivity index (χ4v) is 1.48. The van der Waals surface area contributed by atoms with Crippen molar-refractivity contribution in [1.82, 2.24) is 5.32 Å². The van der Waals surface area contributed by atoms with Crippen molar-refractivity contribution in [1.29, 1.82) is 0 Å². The summed E-state index contributed by atoms with van der Waals surface area (Å²) in [5, 5.41) is 2.96.